The standard InChI is InChI=1S/C13H17NS/c1-15-11-4-2-3-10(9-11)12(5-6-12)13(14)7-8-13/h2-4,9H,5-8,14H2,1H3. The molecule has 0 atom stereocenters. The maximum Gasteiger partial charge on any atom is 0.0253 e. The molecule has 0 aliphatic heterocycles. The fourth-order valence-electron chi connectivity index (χ4n) is 2.73. The van der Waals surface area contributed by atoms with Crippen LogP contribution in [0.2, 0.25) is 0 Å². The van der Waals surface area contributed by atoms with Crippen LogP contribution in [0.5, 0.6) is 0 Å². The van der Waals surface area contributed by atoms with E-state index in [0.29, 0.717) is 5.41 Å². The van der Waals surface area contributed by atoms with Crippen LogP contribution >= 0.6 is 11.8 Å². The molecule has 15 heavy (non-hydrogen) atoms. The molecule has 2 aliphatic rings. The molecule has 2 fully saturated rings. The average Bonchev–Trinajstić information content (AvgIpc) is 3.13. The summed E-state index contributed by atoms with van der Waals surface area (Å²) in [4.78, 5) is 1.36. The van der Waals surface area contributed by atoms with Gasteiger partial charge in [0.15, 0.2) is 0 Å². The molecule has 1 nitrogen and oxygen atoms in total. The van der Waals surface area contributed by atoms with E-state index in [-0.39, 0.29) is 5.54 Å². The van der Waals surface area contributed by atoms with E-state index in [2.05, 4.69) is 30.5 Å². The third kappa shape index (κ3) is 1.35. The van der Waals surface area contributed by atoms with Crippen molar-refractivity contribution in [1.29, 1.82) is 0 Å². The Morgan fingerprint density at radius 2 is 1.93 bits per heavy atom. The highest BCUT2D eigenvalue weighted by molar-refractivity contribution is 7.98. The second-order valence-electron chi connectivity index (χ2n) is 4.97. The fourth-order valence-corrected chi connectivity index (χ4v) is 3.19. The normalized spacial score (nSPS) is 24.9. The van der Waals surface area contributed by atoms with Crippen molar-refractivity contribution >= 4 is 11.8 Å². The predicted octanol–water partition coefficient (Wildman–Crippen LogP) is 2.93. The molecule has 0 saturated heterocycles. The number of hydrogen-bond donors (Lipinski definition) is 1. The van der Waals surface area contributed by atoms with E-state index < -0.39 is 0 Å². The first kappa shape index (κ1) is 9.73. The molecule has 0 bridgehead atoms. The van der Waals surface area contributed by atoms with Gasteiger partial charge in [-0.1, -0.05) is 12.1 Å². The lowest BCUT2D eigenvalue weighted by Gasteiger charge is -2.23. The molecule has 1 aromatic rings. The largest absolute Gasteiger partial charge is 0.324 e. The summed E-state index contributed by atoms with van der Waals surface area (Å²) in [5.41, 5.74) is 8.37. The molecule has 0 spiro atoms. The van der Waals surface area contributed by atoms with Crippen molar-refractivity contribution < 1.29 is 0 Å². The smallest absolute Gasteiger partial charge is 0.0253 e. The van der Waals surface area contributed by atoms with Gasteiger partial charge in [0.1, 0.15) is 0 Å². The zero-order valence-electron chi connectivity index (χ0n) is 9.12. The quantitative estimate of drug-likeness (QED) is 0.791. The van der Waals surface area contributed by atoms with E-state index >= 15 is 0 Å². The highest BCUT2D eigenvalue weighted by atomic mass is 32.2. The number of benzene rings is 1. The lowest BCUT2D eigenvalue weighted by molar-refractivity contribution is 0.502. The predicted molar refractivity (Wildman–Crippen MR) is 65.3 cm³/mol. The molecule has 0 aromatic heterocycles. The van der Waals surface area contributed by atoms with Gasteiger partial charge in [-0.05, 0) is 49.6 Å². The Hall–Kier alpha value is -0.470. The van der Waals surface area contributed by atoms with Crippen molar-refractivity contribution in [3.8, 4) is 0 Å². The molecular weight excluding hydrogens is 202 g/mol. The van der Waals surface area contributed by atoms with Crippen molar-refractivity contribution in [2.24, 2.45) is 5.73 Å². The van der Waals surface area contributed by atoms with Crippen LogP contribution in [0, 0.1) is 0 Å². The van der Waals surface area contributed by atoms with E-state index in [1.807, 2.05) is 11.8 Å². The lowest BCUT2D eigenvalue weighted by Crippen LogP contribution is -2.37. The Bertz CT molecular complexity index is 391. The Balaban J connectivity index is 1.98. The van der Waals surface area contributed by atoms with Gasteiger partial charge >= 0.3 is 0 Å². The van der Waals surface area contributed by atoms with Crippen LogP contribution in [0.3, 0.4) is 0 Å². The summed E-state index contributed by atoms with van der Waals surface area (Å²) in [6.07, 6.45) is 7.16. The molecule has 80 valence electrons. The second-order valence-corrected chi connectivity index (χ2v) is 5.85. The van der Waals surface area contributed by atoms with Crippen LogP contribution in [-0.4, -0.2) is 11.8 Å². The molecule has 0 radical (unpaired) electrons. The molecule has 2 N–H and O–H groups in total. The molecule has 2 heteroatoms. The summed E-state index contributed by atoms with van der Waals surface area (Å²) in [7, 11) is 0. The third-order valence-electron chi connectivity index (χ3n) is 4.11. The molecule has 2 saturated carbocycles. The summed E-state index contributed by atoms with van der Waals surface area (Å²) < 4.78 is 0. The van der Waals surface area contributed by atoms with E-state index in [1.54, 1.807) is 0 Å². The number of thioether (sulfide) groups is 1. The van der Waals surface area contributed by atoms with Crippen LogP contribution in [0.1, 0.15) is 31.2 Å². The Morgan fingerprint density at radius 3 is 2.47 bits per heavy atom. The van der Waals surface area contributed by atoms with Crippen molar-refractivity contribution in [3.63, 3.8) is 0 Å². The SMILES string of the molecule is CSc1cccc(C2(C3(N)CC3)CC2)c1. The van der Waals surface area contributed by atoms with Gasteiger partial charge in [0.25, 0.3) is 0 Å². The molecular formula is C13H17NS. The zero-order chi connectivity index (χ0) is 10.5. The number of nitrogens with two attached hydrogens (primary N) is 1. The van der Waals surface area contributed by atoms with Gasteiger partial charge in [-0.15, -0.1) is 11.8 Å². The summed E-state index contributed by atoms with van der Waals surface area (Å²) in [6.45, 7) is 0. The molecule has 1 aromatic carbocycles. The molecule has 0 amide bonds. The third-order valence-corrected chi connectivity index (χ3v) is 4.84. The van der Waals surface area contributed by atoms with Gasteiger partial charge in [0.2, 0.25) is 0 Å². The number of rotatable bonds is 3. The average molecular weight is 219 g/mol. The van der Waals surface area contributed by atoms with E-state index in [1.165, 1.54) is 36.1 Å². The second kappa shape index (κ2) is 3.02. The van der Waals surface area contributed by atoms with Crippen molar-refractivity contribution in [3.05, 3.63) is 29.8 Å². The van der Waals surface area contributed by atoms with Gasteiger partial charge in [0.05, 0.1) is 0 Å². The van der Waals surface area contributed by atoms with Crippen LogP contribution < -0.4 is 5.73 Å². The Kier molecular flexibility index (Phi) is 1.96. The Morgan fingerprint density at radius 1 is 1.20 bits per heavy atom. The van der Waals surface area contributed by atoms with E-state index in [0.717, 1.165) is 0 Å². The maximum atomic E-state index is 6.40. The monoisotopic (exact) mass is 219 g/mol. The van der Waals surface area contributed by atoms with E-state index in [4.69, 9.17) is 5.73 Å². The zero-order valence-corrected chi connectivity index (χ0v) is 9.94. The van der Waals surface area contributed by atoms with E-state index in [9.17, 15) is 0 Å². The molecule has 0 heterocycles. The Labute approximate surface area is 95.4 Å². The minimum absolute atomic E-state index is 0.143. The highest BCUT2D eigenvalue weighted by Crippen LogP contribution is 2.63. The van der Waals surface area contributed by atoms with Gasteiger partial charge < -0.3 is 5.73 Å². The highest BCUT2D eigenvalue weighted by Gasteiger charge is 2.63. The van der Waals surface area contributed by atoms with Gasteiger partial charge in [-0.2, -0.15) is 0 Å². The first-order chi connectivity index (χ1) is 7.20. The molecule has 0 unspecified atom stereocenters. The van der Waals surface area contributed by atoms with Crippen LogP contribution in [0.25, 0.3) is 0 Å². The van der Waals surface area contributed by atoms with Crippen LogP contribution in [0.4, 0.5) is 0 Å². The summed E-state index contributed by atoms with van der Waals surface area (Å²) >= 11 is 1.82. The van der Waals surface area contributed by atoms with Gasteiger partial charge in [0, 0.05) is 15.8 Å². The van der Waals surface area contributed by atoms with Crippen molar-refractivity contribution in [1.82, 2.24) is 0 Å². The van der Waals surface area contributed by atoms with Gasteiger partial charge in [-0.25, -0.2) is 0 Å². The minimum atomic E-state index is 0.143. The molecule has 2 aliphatic carbocycles. The maximum absolute atomic E-state index is 6.40. The first-order valence-corrected chi connectivity index (χ1v) is 6.86. The van der Waals surface area contributed by atoms with Crippen molar-refractivity contribution in [2.75, 3.05) is 6.26 Å². The number of hydrogen-bond acceptors (Lipinski definition) is 2. The summed E-state index contributed by atoms with van der Waals surface area (Å²) in [5.74, 6) is 0. The van der Waals surface area contributed by atoms with Crippen molar-refractivity contribution in [2.45, 2.75) is 41.5 Å². The minimum Gasteiger partial charge on any atom is -0.324 e. The lowest BCUT2D eigenvalue weighted by atomic mass is 9.86. The fraction of sp³-hybridized carbons (Fsp3) is 0.538. The summed E-state index contributed by atoms with van der Waals surface area (Å²) in [5, 5.41) is 0. The first-order valence-electron chi connectivity index (χ1n) is 5.64. The summed E-state index contributed by atoms with van der Waals surface area (Å²) in [6, 6.07) is 8.96. The van der Waals surface area contributed by atoms with Crippen LogP contribution in [-0.2, 0) is 5.41 Å². The molecule has 3 rings (SSSR count). The topological polar surface area (TPSA) is 26.0 Å². The van der Waals surface area contributed by atoms with Gasteiger partial charge in [-0.3, -0.25) is 0 Å². The van der Waals surface area contributed by atoms with Crippen LogP contribution in [0.15, 0.2) is 29.2 Å².